The molecule has 0 unspecified atom stereocenters. The van der Waals surface area contributed by atoms with E-state index in [4.69, 9.17) is 11.6 Å². The van der Waals surface area contributed by atoms with Crippen molar-refractivity contribution in [2.45, 2.75) is 25.8 Å². The van der Waals surface area contributed by atoms with E-state index in [1.807, 2.05) is 25.1 Å². The summed E-state index contributed by atoms with van der Waals surface area (Å²) in [4.78, 5) is 16.8. The first kappa shape index (κ1) is 12.8. The van der Waals surface area contributed by atoms with Crippen molar-refractivity contribution < 1.29 is 0 Å². The van der Waals surface area contributed by atoms with Crippen molar-refractivity contribution in [1.82, 2.24) is 9.55 Å². The van der Waals surface area contributed by atoms with Crippen LogP contribution in [0.3, 0.4) is 0 Å². The quantitative estimate of drug-likeness (QED) is 0.621. The fraction of sp³-hybridized carbons (Fsp3) is 0.333. The Balaban J connectivity index is 2.79. The molecule has 0 atom stereocenters. The van der Waals surface area contributed by atoms with Crippen LogP contribution in [0.4, 0.5) is 0 Å². The molecule has 0 aliphatic heterocycles. The van der Waals surface area contributed by atoms with Gasteiger partial charge in [-0.15, -0.1) is 11.6 Å². The third kappa shape index (κ3) is 2.47. The van der Waals surface area contributed by atoms with Crippen molar-refractivity contribution in [3.8, 4) is 0 Å². The summed E-state index contributed by atoms with van der Waals surface area (Å²) in [5.41, 5.74) is 0.726. The Morgan fingerprint density at radius 2 is 2.24 bits per heavy atom. The summed E-state index contributed by atoms with van der Waals surface area (Å²) < 4.78 is 2.71. The van der Waals surface area contributed by atoms with E-state index in [1.165, 1.54) is 0 Å². The zero-order valence-electron chi connectivity index (χ0n) is 9.41. The number of aromatic nitrogens is 2. The molecule has 0 aliphatic carbocycles. The highest BCUT2D eigenvalue weighted by atomic mass is 127. The Morgan fingerprint density at radius 3 is 2.88 bits per heavy atom. The van der Waals surface area contributed by atoms with Gasteiger partial charge >= 0.3 is 0 Å². The lowest BCUT2D eigenvalue weighted by atomic mass is 10.2. The highest BCUT2D eigenvalue weighted by molar-refractivity contribution is 14.1. The molecule has 0 amide bonds. The SMILES string of the molecule is CCCn1c(CCl)nc2ccc(I)cc2c1=O. The minimum Gasteiger partial charge on any atom is -0.295 e. The molecule has 1 aromatic heterocycles. The third-order valence-corrected chi connectivity index (χ3v) is 3.47. The van der Waals surface area contributed by atoms with Gasteiger partial charge in [0.1, 0.15) is 5.82 Å². The maximum Gasteiger partial charge on any atom is 0.261 e. The molecular formula is C12H12ClIN2O. The average molecular weight is 363 g/mol. The van der Waals surface area contributed by atoms with Crippen molar-refractivity contribution in [3.05, 3.63) is 37.9 Å². The van der Waals surface area contributed by atoms with Crippen LogP contribution in [-0.4, -0.2) is 9.55 Å². The third-order valence-electron chi connectivity index (χ3n) is 2.56. The standard InChI is InChI=1S/C12H12ClIN2O/c1-2-5-16-11(7-13)15-10-4-3-8(14)6-9(10)12(16)17/h3-4,6H,2,5,7H2,1H3. The molecule has 0 spiro atoms. The van der Waals surface area contributed by atoms with E-state index >= 15 is 0 Å². The molecular weight excluding hydrogens is 351 g/mol. The minimum absolute atomic E-state index is 0.00557. The van der Waals surface area contributed by atoms with Gasteiger partial charge in [0.15, 0.2) is 0 Å². The molecule has 90 valence electrons. The topological polar surface area (TPSA) is 34.9 Å². The van der Waals surface area contributed by atoms with E-state index in [9.17, 15) is 4.79 Å². The van der Waals surface area contributed by atoms with E-state index in [0.717, 1.165) is 15.5 Å². The molecule has 1 heterocycles. The minimum atomic E-state index is 0.00557. The van der Waals surface area contributed by atoms with Gasteiger partial charge in [-0.2, -0.15) is 0 Å². The van der Waals surface area contributed by atoms with Crippen LogP contribution in [0, 0.1) is 3.57 Å². The smallest absolute Gasteiger partial charge is 0.261 e. The van der Waals surface area contributed by atoms with Crippen LogP contribution < -0.4 is 5.56 Å². The van der Waals surface area contributed by atoms with Gasteiger partial charge in [-0.25, -0.2) is 4.98 Å². The van der Waals surface area contributed by atoms with E-state index in [0.29, 0.717) is 17.8 Å². The summed E-state index contributed by atoms with van der Waals surface area (Å²) in [6.45, 7) is 2.69. The van der Waals surface area contributed by atoms with Crippen LogP contribution in [-0.2, 0) is 12.4 Å². The molecule has 5 heteroatoms. The molecule has 2 aromatic rings. The number of nitrogens with zero attached hydrogens (tertiary/aromatic N) is 2. The van der Waals surface area contributed by atoms with E-state index in [1.54, 1.807) is 4.57 Å². The maximum atomic E-state index is 12.3. The summed E-state index contributed by atoms with van der Waals surface area (Å²) in [5, 5.41) is 0.666. The fourth-order valence-electron chi connectivity index (χ4n) is 1.80. The molecule has 1 aromatic carbocycles. The molecule has 2 rings (SSSR count). The highest BCUT2D eigenvalue weighted by Gasteiger charge is 2.09. The van der Waals surface area contributed by atoms with Crippen molar-refractivity contribution in [3.63, 3.8) is 0 Å². The van der Waals surface area contributed by atoms with Crippen molar-refractivity contribution in [1.29, 1.82) is 0 Å². The van der Waals surface area contributed by atoms with Crippen molar-refractivity contribution in [2.75, 3.05) is 0 Å². The van der Waals surface area contributed by atoms with Gasteiger partial charge in [-0.05, 0) is 47.2 Å². The number of fused-ring (bicyclic) bond motifs is 1. The second kappa shape index (κ2) is 5.35. The number of rotatable bonds is 3. The van der Waals surface area contributed by atoms with Crippen molar-refractivity contribution in [2.24, 2.45) is 0 Å². The lowest BCUT2D eigenvalue weighted by molar-refractivity contribution is 0.621. The molecule has 0 aliphatic rings. The van der Waals surface area contributed by atoms with Gasteiger partial charge in [0, 0.05) is 10.1 Å². The largest absolute Gasteiger partial charge is 0.295 e. The summed E-state index contributed by atoms with van der Waals surface area (Å²) in [6, 6.07) is 5.68. The van der Waals surface area contributed by atoms with Crippen LogP contribution in [0.2, 0.25) is 0 Å². The van der Waals surface area contributed by atoms with Crippen molar-refractivity contribution >= 4 is 45.1 Å². The molecule has 0 fully saturated rings. The highest BCUT2D eigenvalue weighted by Crippen LogP contribution is 2.14. The maximum absolute atomic E-state index is 12.3. The second-order valence-corrected chi connectivity index (χ2v) is 5.29. The van der Waals surface area contributed by atoms with Gasteiger partial charge in [0.2, 0.25) is 0 Å². The monoisotopic (exact) mass is 362 g/mol. The van der Waals surface area contributed by atoms with Crippen LogP contribution in [0.5, 0.6) is 0 Å². The second-order valence-electron chi connectivity index (χ2n) is 3.78. The number of alkyl halides is 1. The summed E-state index contributed by atoms with van der Waals surface area (Å²) in [7, 11) is 0. The Labute approximate surface area is 118 Å². The predicted molar refractivity (Wildman–Crippen MR) is 78.6 cm³/mol. The first-order valence-corrected chi connectivity index (χ1v) is 7.03. The number of halogens is 2. The van der Waals surface area contributed by atoms with E-state index < -0.39 is 0 Å². The van der Waals surface area contributed by atoms with Crippen LogP contribution >= 0.6 is 34.2 Å². The Morgan fingerprint density at radius 1 is 1.47 bits per heavy atom. The average Bonchev–Trinajstić information content (AvgIpc) is 2.33. The number of benzene rings is 1. The summed E-state index contributed by atoms with van der Waals surface area (Å²) >= 11 is 8.04. The van der Waals surface area contributed by atoms with Crippen LogP contribution in [0.15, 0.2) is 23.0 Å². The fourth-order valence-corrected chi connectivity index (χ4v) is 2.49. The molecule has 0 bridgehead atoms. The Hall–Kier alpha value is -0.620. The van der Waals surface area contributed by atoms with E-state index in [2.05, 4.69) is 27.6 Å². The molecule has 0 N–H and O–H groups in total. The first-order chi connectivity index (χ1) is 8.17. The van der Waals surface area contributed by atoms with Gasteiger partial charge in [0.05, 0.1) is 16.8 Å². The molecule has 3 nitrogen and oxygen atoms in total. The lowest BCUT2D eigenvalue weighted by Crippen LogP contribution is -2.24. The van der Waals surface area contributed by atoms with Gasteiger partial charge in [0.25, 0.3) is 5.56 Å². The Kier molecular flexibility index (Phi) is 4.04. The summed E-state index contributed by atoms with van der Waals surface area (Å²) in [6.07, 6.45) is 0.890. The van der Waals surface area contributed by atoms with Crippen LogP contribution in [0.1, 0.15) is 19.2 Å². The normalized spacial score (nSPS) is 11.0. The number of hydrogen-bond donors (Lipinski definition) is 0. The predicted octanol–water partition coefficient (Wildman–Crippen LogP) is 3.15. The molecule has 0 radical (unpaired) electrons. The first-order valence-electron chi connectivity index (χ1n) is 5.42. The lowest BCUT2D eigenvalue weighted by Gasteiger charge is -2.10. The van der Waals surface area contributed by atoms with Gasteiger partial charge < -0.3 is 0 Å². The zero-order valence-corrected chi connectivity index (χ0v) is 12.3. The van der Waals surface area contributed by atoms with Gasteiger partial charge in [-0.3, -0.25) is 9.36 Å². The van der Waals surface area contributed by atoms with E-state index in [-0.39, 0.29) is 11.4 Å². The van der Waals surface area contributed by atoms with Gasteiger partial charge in [-0.1, -0.05) is 6.92 Å². The summed E-state index contributed by atoms with van der Waals surface area (Å²) in [5.74, 6) is 0.907. The molecule has 0 saturated heterocycles. The molecule has 0 saturated carbocycles. The molecule has 17 heavy (non-hydrogen) atoms. The number of hydrogen-bond acceptors (Lipinski definition) is 2. The zero-order chi connectivity index (χ0) is 12.4. The Bertz CT molecular complexity index is 609. The van der Waals surface area contributed by atoms with Crippen LogP contribution in [0.25, 0.3) is 10.9 Å².